The van der Waals surface area contributed by atoms with Gasteiger partial charge in [0.2, 0.25) is 0 Å². The van der Waals surface area contributed by atoms with Gasteiger partial charge in [-0.25, -0.2) is 0 Å². The Kier molecular flexibility index (Phi) is 6.03. The number of halogens is 14. The molecule has 8 atom stereocenters. The second-order valence-corrected chi connectivity index (χ2v) is 17.4. The van der Waals surface area contributed by atoms with Gasteiger partial charge in [-0.3, -0.25) is 0 Å². The average Bonchev–Trinajstić information content (AvgIpc) is 3.09. The van der Waals surface area contributed by atoms with Crippen molar-refractivity contribution in [1.29, 1.82) is 0 Å². The zero-order valence-corrected chi connectivity index (χ0v) is 28.0. The van der Waals surface area contributed by atoms with Crippen LogP contribution < -0.4 is 0 Å². The van der Waals surface area contributed by atoms with Gasteiger partial charge in [-0.2, -0.15) is 0 Å². The SMILES string of the molecule is ClC1=C(Cl)[C@@]2(Cl)[C@H]3c4cc(Br)c(Br)cc4[C@H]4[C@H]([C@@H]3[C@@]1(Cl)C2(Cl)Cl)[C@@]1(Cl)C(Cl)=C(Cl)[C@@]4(Cl)C1(Cl)Cl. The highest BCUT2D eigenvalue weighted by Crippen LogP contribution is 2.88. The molecule has 0 spiro atoms. The van der Waals surface area contributed by atoms with E-state index >= 15 is 0 Å². The molecular formula is C20H6Br2Cl12. The maximum atomic E-state index is 7.30. The zero-order valence-electron chi connectivity index (χ0n) is 15.8. The topological polar surface area (TPSA) is 0 Å². The van der Waals surface area contributed by atoms with E-state index in [0.717, 1.165) is 20.1 Å². The second kappa shape index (κ2) is 7.50. The van der Waals surface area contributed by atoms with E-state index in [1.54, 1.807) is 0 Å². The van der Waals surface area contributed by atoms with E-state index < -0.39 is 51.8 Å². The van der Waals surface area contributed by atoms with Gasteiger partial charge in [-0.15, -0.1) is 46.4 Å². The van der Waals surface area contributed by atoms with E-state index in [4.69, 9.17) is 139 Å². The van der Waals surface area contributed by atoms with Gasteiger partial charge in [-0.1, -0.05) is 92.8 Å². The van der Waals surface area contributed by atoms with Gasteiger partial charge in [0.05, 0.1) is 20.1 Å². The predicted molar refractivity (Wildman–Crippen MR) is 155 cm³/mol. The van der Waals surface area contributed by atoms with Crippen molar-refractivity contribution in [2.75, 3.05) is 0 Å². The van der Waals surface area contributed by atoms with Gasteiger partial charge in [-0.05, 0) is 55.1 Å². The number of benzene rings is 1. The normalized spacial score (nSPS) is 49.0. The summed E-state index contributed by atoms with van der Waals surface area (Å²) in [5.74, 6) is -2.76. The summed E-state index contributed by atoms with van der Waals surface area (Å²) in [6.45, 7) is 0. The number of hydrogen-bond donors (Lipinski definition) is 0. The highest BCUT2D eigenvalue weighted by molar-refractivity contribution is 9.13. The maximum Gasteiger partial charge on any atom is 0.167 e. The van der Waals surface area contributed by atoms with E-state index in [1.165, 1.54) is 0 Å². The highest BCUT2D eigenvalue weighted by atomic mass is 79.9. The van der Waals surface area contributed by atoms with Crippen LogP contribution in [-0.2, 0) is 0 Å². The zero-order chi connectivity index (χ0) is 25.3. The van der Waals surface area contributed by atoms with E-state index in [0.29, 0.717) is 0 Å². The minimum Gasteiger partial charge on any atom is -0.109 e. The second-order valence-electron chi connectivity index (χ2n) is 9.15. The number of hydrogen-bond acceptors (Lipinski definition) is 0. The van der Waals surface area contributed by atoms with Crippen molar-refractivity contribution < 1.29 is 0 Å². The van der Waals surface area contributed by atoms with Crippen molar-refractivity contribution in [3.63, 3.8) is 0 Å². The predicted octanol–water partition coefficient (Wildman–Crippen LogP) is 11.3. The first-order valence-corrected chi connectivity index (χ1v) is 15.7. The minimum absolute atomic E-state index is 0.0306. The highest BCUT2D eigenvalue weighted by Gasteiger charge is 2.91. The standard InChI is InChI=1S/C20H6Br2Cl12/c21-5-1-3-4(2-6(5)22)8-10(18(30)14(26)12(24)16(8,28)20(18,33)34)9-7(3)15(27)11(23)13(25)17(9,29)19(15,31)32/h1-2,7-10H/t7-,8-,9+,10+,15-,16+,17-,18+/m0/s1. The molecule has 1 aromatic rings. The molecule has 184 valence electrons. The van der Waals surface area contributed by atoms with Gasteiger partial charge in [0.25, 0.3) is 0 Å². The molecule has 0 aromatic heterocycles. The first-order chi connectivity index (χ1) is 15.4. The maximum absolute atomic E-state index is 7.30. The van der Waals surface area contributed by atoms with Gasteiger partial charge in [0.1, 0.15) is 19.5 Å². The van der Waals surface area contributed by atoms with Gasteiger partial charge in [0.15, 0.2) is 8.67 Å². The van der Waals surface area contributed by atoms with Crippen LogP contribution in [0.4, 0.5) is 0 Å². The molecule has 6 rings (SSSR count). The van der Waals surface area contributed by atoms with Crippen LogP contribution in [0.2, 0.25) is 0 Å². The van der Waals surface area contributed by atoms with Crippen molar-refractivity contribution in [3.8, 4) is 0 Å². The monoisotopic (exact) mass is 824 g/mol. The lowest BCUT2D eigenvalue weighted by atomic mass is 9.57. The summed E-state index contributed by atoms with van der Waals surface area (Å²) < 4.78 is -2.19. The number of rotatable bonds is 0. The number of alkyl halides is 8. The molecule has 4 bridgehead atoms. The van der Waals surface area contributed by atoms with Crippen molar-refractivity contribution in [3.05, 3.63) is 52.3 Å². The van der Waals surface area contributed by atoms with Crippen LogP contribution in [0.5, 0.6) is 0 Å². The fourth-order valence-electron chi connectivity index (χ4n) is 6.89. The fourth-order valence-corrected chi connectivity index (χ4v) is 13.7. The summed E-state index contributed by atoms with van der Waals surface area (Å²) in [6.07, 6.45) is 0. The van der Waals surface area contributed by atoms with Crippen molar-refractivity contribution >= 4 is 171 Å². The van der Waals surface area contributed by atoms with Crippen LogP contribution in [0.15, 0.2) is 41.2 Å². The molecule has 34 heavy (non-hydrogen) atoms. The molecule has 0 nitrogen and oxygen atoms in total. The molecule has 0 aliphatic heterocycles. The number of fused-ring (bicyclic) bond motifs is 14. The Morgan fingerprint density at radius 3 is 1.06 bits per heavy atom. The van der Waals surface area contributed by atoms with Crippen molar-refractivity contribution in [1.82, 2.24) is 0 Å². The van der Waals surface area contributed by atoms with Crippen LogP contribution in [0, 0.1) is 11.8 Å². The molecule has 2 fully saturated rings. The minimum atomic E-state index is -1.84. The molecule has 0 amide bonds. The Hall–Kier alpha value is 3.14. The molecule has 0 N–H and O–H groups in total. The summed E-state index contributed by atoms with van der Waals surface area (Å²) in [7, 11) is 0. The Morgan fingerprint density at radius 2 is 0.765 bits per heavy atom. The van der Waals surface area contributed by atoms with Crippen LogP contribution >= 0.6 is 171 Å². The lowest BCUT2D eigenvalue weighted by Gasteiger charge is -2.52. The van der Waals surface area contributed by atoms with E-state index in [-0.39, 0.29) is 20.1 Å². The first-order valence-electron chi connectivity index (χ1n) is 9.53. The smallest absolute Gasteiger partial charge is 0.109 e. The summed E-state index contributed by atoms with van der Waals surface area (Å²) in [5, 5.41) is 0.192. The Bertz CT molecular complexity index is 1190. The molecule has 5 aliphatic carbocycles. The summed E-state index contributed by atoms with van der Waals surface area (Å²) >= 11 is 91.0. The summed E-state index contributed by atoms with van der Waals surface area (Å²) in [5.41, 5.74) is 1.48. The lowest BCUT2D eigenvalue weighted by Crippen LogP contribution is -2.53. The molecule has 5 aliphatic rings. The van der Waals surface area contributed by atoms with Gasteiger partial charge >= 0.3 is 0 Å². The van der Waals surface area contributed by atoms with Gasteiger partial charge < -0.3 is 0 Å². The van der Waals surface area contributed by atoms with Crippen molar-refractivity contribution in [2.24, 2.45) is 11.8 Å². The first kappa shape index (κ1) is 27.3. The third kappa shape index (κ3) is 2.38. The molecule has 0 heterocycles. The third-order valence-corrected chi connectivity index (χ3v) is 18.6. The van der Waals surface area contributed by atoms with E-state index in [1.807, 2.05) is 12.1 Å². The average molecular weight is 832 g/mol. The van der Waals surface area contributed by atoms with Gasteiger partial charge in [0, 0.05) is 32.6 Å². The molecule has 14 heteroatoms. The fraction of sp³-hybridized carbons (Fsp3) is 0.500. The third-order valence-electron chi connectivity index (χ3n) is 8.17. The van der Waals surface area contributed by atoms with E-state index in [9.17, 15) is 0 Å². The lowest BCUT2D eigenvalue weighted by molar-refractivity contribution is 0.201. The summed E-state index contributed by atoms with van der Waals surface area (Å²) in [4.78, 5) is -6.50. The molecular weight excluding hydrogens is 825 g/mol. The molecule has 0 saturated heterocycles. The van der Waals surface area contributed by atoms with Crippen LogP contribution in [0.25, 0.3) is 0 Å². The Balaban J connectivity index is 1.80. The quantitative estimate of drug-likeness (QED) is 0.229. The molecule has 2 saturated carbocycles. The molecule has 0 radical (unpaired) electrons. The van der Waals surface area contributed by atoms with Crippen LogP contribution in [0.3, 0.4) is 0 Å². The van der Waals surface area contributed by atoms with Crippen molar-refractivity contribution in [2.45, 2.75) is 40.0 Å². The summed E-state index contributed by atoms with van der Waals surface area (Å²) in [6, 6.07) is 3.77. The Labute approximate surface area is 272 Å². The molecule has 1 aromatic carbocycles. The van der Waals surface area contributed by atoms with E-state index in [2.05, 4.69) is 31.9 Å². The largest absolute Gasteiger partial charge is 0.167 e. The Morgan fingerprint density at radius 1 is 0.500 bits per heavy atom. The van der Waals surface area contributed by atoms with Crippen LogP contribution in [-0.4, -0.2) is 28.2 Å². The van der Waals surface area contributed by atoms with Crippen LogP contribution in [0.1, 0.15) is 23.0 Å². The molecule has 0 unspecified atom stereocenters. The number of allylic oxidation sites excluding steroid dienone is 4.